The van der Waals surface area contributed by atoms with Crippen molar-refractivity contribution in [2.45, 2.75) is 37.6 Å². The highest BCUT2D eigenvalue weighted by Crippen LogP contribution is 2.54. The number of methoxy groups -OCH3 is 1. The van der Waals surface area contributed by atoms with Crippen LogP contribution in [-0.4, -0.2) is 13.2 Å². The van der Waals surface area contributed by atoms with Gasteiger partial charge in [-0.05, 0) is 31.9 Å². The van der Waals surface area contributed by atoms with Gasteiger partial charge in [-0.3, -0.25) is 0 Å². The average Bonchev–Trinajstić information content (AvgIpc) is 3.08. The monoisotopic (exact) mass is 259 g/mol. The molecule has 1 atom stereocenters. The molecule has 0 spiro atoms. The Labute approximate surface area is 104 Å². The van der Waals surface area contributed by atoms with E-state index < -0.39 is 17.7 Å². The zero-order valence-electron chi connectivity index (χ0n) is 10.3. The largest absolute Gasteiger partial charge is 0.493 e. The number of rotatable bonds is 4. The second kappa shape index (κ2) is 4.46. The van der Waals surface area contributed by atoms with E-state index in [1.165, 1.54) is 13.2 Å². The third kappa shape index (κ3) is 1.96. The van der Waals surface area contributed by atoms with E-state index in [0.717, 1.165) is 18.9 Å². The van der Waals surface area contributed by atoms with Crippen molar-refractivity contribution in [2.75, 3.05) is 7.11 Å². The number of benzene rings is 1. The Balaban J connectivity index is 2.57. The molecule has 0 radical (unpaired) electrons. The Morgan fingerprint density at radius 3 is 2.33 bits per heavy atom. The van der Waals surface area contributed by atoms with Gasteiger partial charge in [0.15, 0.2) is 11.6 Å². The fourth-order valence-electron chi connectivity index (χ4n) is 2.42. The van der Waals surface area contributed by atoms with Crippen LogP contribution in [0.25, 0.3) is 0 Å². The molecule has 2 rings (SSSR count). The lowest BCUT2D eigenvalue weighted by Gasteiger charge is -2.23. The van der Waals surface area contributed by atoms with Crippen LogP contribution in [0.3, 0.4) is 0 Å². The van der Waals surface area contributed by atoms with Gasteiger partial charge in [0.05, 0.1) is 7.11 Å². The van der Waals surface area contributed by atoms with Gasteiger partial charge >= 0.3 is 0 Å². The maximum Gasteiger partial charge on any atom is 0.263 e. The van der Waals surface area contributed by atoms with Crippen molar-refractivity contribution in [3.05, 3.63) is 29.1 Å². The molecule has 5 heteroatoms. The summed E-state index contributed by atoms with van der Waals surface area (Å²) in [5, 5.41) is 0. The predicted molar refractivity (Wildman–Crippen MR) is 62.5 cm³/mol. The van der Waals surface area contributed by atoms with Crippen LogP contribution in [0.4, 0.5) is 13.2 Å². The Bertz CT molecular complexity index is 456. The first-order valence-electron chi connectivity index (χ1n) is 5.84. The summed E-state index contributed by atoms with van der Waals surface area (Å²) in [4.78, 5) is 0. The number of hydrogen-bond acceptors (Lipinski definition) is 2. The molecule has 1 aliphatic rings. The summed E-state index contributed by atoms with van der Waals surface area (Å²) in [5.41, 5.74) is 5.62. The highest BCUT2D eigenvalue weighted by Gasteiger charge is 2.50. The number of halogens is 3. The van der Waals surface area contributed by atoms with E-state index in [4.69, 9.17) is 10.5 Å². The summed E-state index contributed by atoms with van der Waals surface area (Å²) >= 11 is 0. The molecule has 0 aliphatic heterocycles. The fourth-order valence-corrected chi connectivity index (χ4v) is 2.42. The van der Waals surface area contributed by atoms with Crippen molar-refractivity contribution in [1.29, 1.82) is 0 Å². The topological polar surface area (TPSA) is 35.2 Å². The summed E-state index contributed by atoms with van der Waals surface area (Å²) in [5.74, 6) is -0.716. The minimum atomic E-state index is -2.70. The molecule has 0 aromatic heterocycles. The van der Waals surface area contributed by atoms with E-state index >= 15 is 0 Å². The Morgan fingerprint density at radius 2 is 1.94 bits per heavy atom. The number of alkyl halides is 2. The zero-order chi connectivity index (χ0) is 13.5. The summed E-state index contributed by atoms with van der Waals surface area (Å²) in [7, 11) is 1.33. The number of hydrogen-bond donors (Lipinski definition) is 1. The summed E-state index contributed by atoms with van der Waals surface area (Å²) < 4.78 is 44.3. The maximum absolute atomic E-state index is 13.8. The van der Waals surface area contributed by atoms with E-state index in [2.05, 4.69) is 0 Å². The number of ether oxygens (including phenoxy) is 1. The van der Waals surface area contributed by atoms with E-state index in [-0.39, 0.29) is 17.4 Å². The molecule has 0 amide bonds. The molecule has 1 saturated carbocycles. The normalized spacial score (nSPS) is 18.8. The smallest absolute Gasteiger partial charge is 0.263 e. The van der Waals surface area contributed by atoms with E-state index in [0.29, 0.717) is 5.56 Å². The second-order valence-electron chi connectivity index (χ2n) is 4.83. The first-order valence-corrected chi connectivity index (χ1v) is 5.84. The van der Waals surface area contributed by atoms with Gasteiger partial charge in [-0.25, -0.2) is 13.2 Å². The van der Waals surface area contributed by atoms with Gasteiger partial charge in [-0.2, -0.15) is 0 Å². The lowest BCUT2D eigenvalue weighted by atomic mass is 9.87. The number of nitrogens with two attached hydrogens (primary N) is 1. The van der Waals surface area contributed by atoms with Crippen LogP contribution in [0, 0.1) is 5.82 Å². The average molecular weight is 259 g/mol. The summed E-state index contributed by atoms with van der Waals surface area (Å²) in [6, 6.07) is 1.92. The van der Waals surface area contributed by atoms with Gasteiger partial charge in [0.1, 0.15) is 0 Å². The Hall–Kier alpha value is -1.23. The fraction of sp³-hybridized carbons (Fsp3) is 0.538. The molecule has 0 bridgehead atoms. The molecule has 0 heterocycles. The molecule has 1 aromatic carbocycles. The molecule has 1 aliphatic carbocycles. The lowest BCUT2D eigenvalue weighted by Crippen LogP contribution is -2.32. The third-order valence-electron chi connectivity index (χ3n) is 3.72. The summed E-state index contributed by atoms with van der Waals surface area (Å²) in [6.07, 6.45) is -1.16. The highest BCUT2D eigenvalue weighted by molar-refractivity contribution is 5.48. The van der Waals surface area contributed by atoms with Crippen LogP contribution in [0.2, 0.25) is 0 Å². The van der Waals surface area contributed by atoms with Crippen molar-refractivity contribution < 1.29 is 17.9 Å². The Morgan fingerprint density at radius 1 is 1.33 bits per heavy atom. The third-order valence-corrected chi connectivity index (χ3v) is 3.72. The minimum Gasteiger partial charge on any atom is -0.493 e. The van der Waals surface area contributed by atoms with Gasteiger partial charge in [0, 0.05) is 22.6 Å². The lowest BCUT2D eigenvalue weighted by molar-refractivity contribution is 0.150. The molecule has 18 heavy (non-hydrogen) atoms. The van der Waals surface area contributed by atoms with Crippen LogP contribution in [0.15, 0.2) is 12.1 Å². The molecule has 2 nitrogen and oxygen atoms in total. The van der Waals surface area contributed by atoms with Gasteiger partial charge in [0.2, 0.25) is 0 Å². The van der Waals surface area contributed by atoms with Crippen LogP contribution >= 0.6 is 0 Å². The molecular formula is C13H16F3NO. The van der Waals surface area contributed by atoms with E-state index in [9.17, 15) is 13.2 Å². The van der Waals surface area contributed by atoms with Crippen LogP contribution in [-0.2, 0) is 5.41 Å². The molecule has 1 unspecified atom stereocenters. The maximum atomic E-state index is 13.8. The van der Waals surface area contributed by atoms with Crippen molar-refractivity contribution in [3.63, 3.8) is 0 Å². The first-order chi connectivity index (χ1) is 8.42. The van der Waals surface area contributed by atoms with Gasteiger partial charge in [-0.1, -0.05) is 0 Å². The van der Waals surface area contributed by atoms with Gasteiger partial charge in [0.25, 0.3) is 6.43 Å². The zero-order valence-corrected chi connectivity index (χ0v) is 10.3. The molecule has 1 fully saturated rings. The highest BCUT2D eigenvalue weighted by atomic mass is 19.3. The second-order valence-corrected chi connectivity index (χ2v) is 4.83. The van der Waals surface area contributed by atoms with Gasteiger partial charge in [-0.15, -0.1) is 0 Å². The van der Waals surface area contributed by atoms with Gasteiger partial charge < -0.3 is 10.5 Å². The molecular weight excluding hydrogens is 243 g/mol. The standard InChI is InChI=1S/C13H16F3NO/c1-7(17)13(3-4-13)9-5-8(12(15)16)6-10(14)11(9)18-2/h5-7,12H,3-4,17H2,1-2H3. The molecule has 2 N–H and O–H groups in total. The molecule has 0 saturated heterocycles. The minimum absolute atomic E-state index is 0.0363. The van der Waals surface area contributed by atoms with E-state index in [1.807, 2.05) is 0 Å². The molecule has 1 aromatic rings. The van der Waals surface area contributed by atoms with Crippen LogP contribution in [0.5, 0.6) is 5.75 Å². The van der Waals surface area contributed by atoms with Crippen molar-refractivity contribution in [2.24, 2.45) is 5.73 Å². The van der Waals surface area contributed by atoms with Crippen molar-refractivity contribution >= 4 is 0 Å². The quantitative estimate of drug-likeness (QED) is 0.901. The van der Waals surface area contributed by atoms with Crippen LogP contribution in [0.1, 0.15) is 37.3 Å². The Kier molecular flexibility index (Phi) is 3.27. The SMILES string of the molecule is COc1c(F)cc(C(F)F)cc1C1(C(C)N)CC1. The van der Waals surface area contributed by atoms with E-state index in [1.54, 1.807) is 6.92 Å². The molecule has 100 valence electrons. The predicted octanol–water partition coefficient (Wildman–Crippen LogP) is 3.15. The summed E-state index contributed by atoms with van der Waals surface area (Å²) in [6.45, 7) is 1.80. The van der Waals surface area contributed by atoms with Crippen molar-refractivity contribution in [1.82, 2.24) is 0 Å². The van der Waals surface area contributed by atoms with Crippen molar-refractivity contribution in [3.8, 4) is 5.75 Å². The van der Waals surface area contributed by atoms with Crippen LogP contribution < -0.4 is 10.5 Å². The first kappa shape index (κ1) is 13.2.